The van der Waals surface area contributed by atoms with Crippen molar-refractivity contribution in [3.63, 3.8) is 0 Å². The summed E-state index contributed by atoms with van der Waals surface area (Å²) < 4.78 is 0. The molecular formula is C18H25Cl2N3O2. The van der Waals surface area contributed by atoms with E-state index in [1.165, 1.54) is 0 Å². The highest BCUT2D eigenvalue weighted by atomic mass is 35.5. The fourth-order valence-corrected chi connectivity index (χ4v) is 3.64. The van der Waals surface area contributed by atoms with Crippen molar-refractivity contribution in [2.75, 3.05) is 18.4 Å². The Morgan fingerprint density at radius 1 is 1.20 bits per heavy atom. The van der Waals surface area contributed by atoms with E-state index in [1.807, 2.05) is 4.90 Å². The van der Waals surface area contributed by atoms with Crippen molar-refractivity contribution in [3.8, 4) is 0 Å². The summed E-state index contributed by atoms with van der Waals surface area (Å²) in [6, 6.07) is 4.80. The number of carbonyl (C=O) groups excluding carboxylic acids is 2. The Bertz CT molecular complexity index is 600. The normalized spacial score (nSPS) is 17.7. The third-order valence-electron chi connectivity index (χ3n) is 4.49. The topological polar surface area (TPSA) is 61.4 Å². The molecule has 0 spiro atoms. The van der Waals surface area contributed by atoms with E-state index in [0.717, 1.165) is 32.2 Å². The standard InChI is InChI=1S/C18H25Cl2N3O2/c1-3-14(4-2)21-17(24)11-23-7-5-6-16(23)18(25)22-15-9-12(19)8-13(20)10-15/h8-10,14,16H,3-7,11H2,1-2H3,(H,21,24)(H,22,25). The van der Waals surface area contributed by atoms with E-state index in [2.05, 4.69) is 24.5 Å². The summed E-state index contributed by atoms with van der Waals surface area (Å²) in [5, 5.41) is 6.81. The van der Waals surface area contributed by atoms with E-state index in [9.17, 15) is 9.59 Å². The van der Waals surface area contributed by atoms with E-state index < -0.39 is 0 Å². The van der Waals surface area contributed by atoms with Gasteiger partial charge in [0.15, 0.2) is 0 Å². The molecule has 1 aliphatic rings. The number of nitrogens with one attached hydrogen (secondary N) is 2. The minimum Gasteiger partial charge on any atom is -0.352 e. The molecule has 2 N–H and O–H groups in total. The smallest absolute Gasteiger partial charge is 0.241 e. The molecule has 138 valence electrons. The molecule has 0 aromatic heterocycles. The first-order valence-electron chi connectivity index (χ1n) is 8.73. The molecule has 1 atom stereocenters. The predicted octanol–water partition coefficient (Wildman–Crippen LogP) is 3.70. The minimum absolute atomic E-state index is 0.0285. The molecule has 2 amide bonds. The predicted molar refractivity (Wildman–Crippen MR) is 102 cm³/mol. The number of halogens is 2. The maximum absolute atomic E-state index is 12.6. The number of rotatable bonds is 7. The van der Waals surface area contributed by atoms with E-state index in [-0.39, 0.29) is 30.4 Å². The summed E-state index contributed by atoms with van der Waals surface area (Å²) in [4.78, 5) is 26.7. The third-order valence-corrected chi connectivity index (χ3v) is 4.93. The number of carbonyl (C=O) groups is 2. The molecule has 1 aliphatic heterocycles. The van der Waals surface area contributed by atoms with Crippen LogP contribution in [-0.2, 0) is 9.59 Å². The van der Waals surface area contributed by atoms with Crippen LogP contribution in [0.15, 0.2) is 18.2 Å². The number of amides is 2. The van der Waals surface area contributed by atoms with Gasteiger partial charge in [0.2, 0.25) is 11.8 Å². The molecular weight excluding hydrogens is 361 g/mol. The fourth-order valence-electron chi connectivity index (χ4n) is 3.11. The lowest BCUT2D eigenvalue weighted by Gasteiger charge is -2.24. The first-order chi connectivity index (χ1) is 11.9. The van der Waals surface area contributed by atoms with E-state index >= 15 is 0 Å². The van der Waals surface area contributed by atoms with Crippen LogP contribution in [0, 0.1) is 0 Å². The summed E-state index contributed by atoms with van der Waals surface area (Å²) in [6.45, 7) is 5.09. The molecule has 0 aliphatic carbocycles. The second kappa shape index (κ2) is 9.41. The third kappa shape index (κ3) is 5.87. The lowest BCUT2D eigenvalue weighted by atomic mass is 10.1. The monoisotopic (exact) mass is 385 g/mol. The summed E-state index contributed by atoms with van der Waals surface area (Å²) in [6.07, 6.45) is 3.44. The van der Waals surface area contributed by atoms with Crippen molar-refractivity contribution in [2.45, 2.75) is 51.6 Å². The van der Waals surface area contributed by atoms with Crippen LogP contribution < -0.4 is 10.6 Å². The van der Waals surface area contributed by atoms with Crippen molar-refractivity contribution in [1.82, 2.24) is 10.2 Å². The van der Waals surface area contributed by atoms with Gasteiger partial charge in [-0.25, -0.2) is 0 Å². The molecule has 25 heavy (non-hydrogen) atoms. The van der Waals surface area contributed by atoms with Crippen LogP contribution in [0.4, 0.5) is 5.69 Å². The van der Waals surface area contributed by atoms with Gasteiger partial charge in [-0.3, -0.25) is 14.5 Å². The quantitative estimate of drug-likeness (QED) is 0.751. The van der Waals surface area contributed by atoms with Gasteiger partial charge in [0, 0.05) is 21.8 Å². The van der Waals surface area contributed by atoms with Gasteiger partial charge in [-0.15, -0.1) is 0 Å². The Hall–Kier alpha value is -1.30. The van der Waals surface area contributed by atoms with Crippen molar-refractivity contribution in [1.29, 1.82) is 0 Å². The summed E-state index contributed by atoms with van der Waals surface area (Å²) >= 11 is 11.9. The fraction of sp³-hybridized carbons (Fsp3) is 0.556. The first kappa shape index (κ1) is 20.0. The molecule has 1 aromatic rings. The number of nitrogens with zero attached hydrogens (tertiary/aromatic N) is 1. The zero-order valence-electron chi connectivity index (χ0n) is 14.6. The number of likely N-dealkylation sites (tertiary alicyclic amines) is 1. The van der Waals surface area contributed by atoms with E-state index in [4.69, 9.17) is 23.2 Å². The largest absolute Gasteiger partial charge is 0.352 e. The maximum Gasteiger partial charge on any atom is 0.241 e. The van der Waals surface area contributed by atoms with Gasteiger partial charge < -0.3 is 10.6 Å². The number of benzene rings is 1. The van der Waals surface area contributed by atoms with E-state index in [1.54, 1.807) is 18.2 Å². The molecule has 1 fully saturated rings. The lowest BCUT2D eigenvalue weighted by molar-refractivity contribution is -0.125. The maximum atomic E-state index is 12.6. The molecule has 5 nitrogen and oxygen atoms in total. The van der Waals surface area contributed by atoms with Gasteiger partial charge in [0.25, 0.3) is 0 Å². The van der Waals surface area contributed by atoms with Gasteiger partial charge >= 0.3 is 0 Å². The van der Waals surface area contributed by atoms with Crippen LogP contribution in [0.1, 0.15) is 39.5 Å². The summed E-state index contributed by atoms with van der Waals surface area (Å²) in [5.41, 5.74) is 0.566. The molecule has 1 unspecified atom stereocenters. The molecule has 0 saturated carbocycles. The van der Waals surface area contributed by atoms with Crippen molar-refractivity contribution in [2.24, 2.45) is 0 Å². The molecule has 2 rings (SSSR count). The molecule has 0 bridgehead atoms. The van der Waals surface area contributed by atoms with Crippen LogP contribution in [0.25, 0.3) is 0 Å². The van der Waals surface area contributed by atoms with Crippen LogP contribution in [-0.4, -0.2) is 41.9 Å². The Morgan fingerprint density at radius 3 is 2.44 bits per heavy atom. The molecule has 1 heterocycles. The SMILES string of the molecule is CCC(CC)NC(=O)CN1CCCC1C(=O)Nc1cc(Cl)cc(Cl)c1. The molecule has 1 aromatic carbocycles. The Kier molecular flexibility index (Phi) is 7.54. The number of hydrogen-bond acceptors (Lipinski definition) is 3. The van der Waals surface area contributed by atoms with Gasteiger partial charge in [-0.1, -0.05) is 37.0 Å². The Morgan fingerprint density at radius 2 is 1.84 bits per heavy atom. The van der Waals surface area contributed by atoms with Crippen molar-refractivity contribution < 1.29 is 9.59 Å². The minimum atomic E-state index is -0.315. The highest BCUT2D eigenvalue weighted by Crippen LogP contribution is 2.24. The number of anilines is 1. The highest BCUT2D eigenvalue weighted by Gasteiger charge is 2.32. The first-order valence-corrected chi connectivity index (χ1v) is 9.48. The van der Waals surface area contributed by atoms with Crippen LogP contribution in [0.5, 0.6) is 0 Å². The average Bonchev–Trinajstić information content (AvgIpc) is 2.99. The highest BCUT2D eigenvalue weighted by molar-refractivity contribution is 6.35. The van der Waals surface area contributed by atoms with Crippen molar-refractivity contribution >= 4 is 40.7 Å². The van der Waals surface area contributed by atoms with Crippen molar-refractivity contribution in [3.05, 3.63) is 28.2 Å². The molecule has 0 radical (unpaired) electrons. The van der Waals surface area contributed by atoms with Crippen LogP contribution in [0.2, 0.25) is 10.0 Å². The van der Waals surface area contributed by atoms with Gasteiger partial charge in [-0.05, 0) is 50.4 Å². The summed E-state index contributed by atoms with van der Waals surface area (Å²) in [7, 11) is 0. The average molecular weight is 386 g/mol. The lowest BCUT2D eigenvalue weighted by Crippen LogP contribution is -2.46. The number of hydrogen-bond donors (Lipinski definition) is 2. The molecule has 7 heteroatoms. The van der Waals surface area contributed by atoms with E-state index in [0.29, 0.717) is 15.7 Å². The second-order valence-corrected chi connectivity index (χ2v) is 7.23. The van der Waals surface area contributed by atoms with Gasteiger partial charge in [0.1, 0.15) is 0 Å². The Balaban J connectivity index is 1.95. The molecule has 1 saturated heterocycles. The zero-order chi connectivity index (χ0) is 18.4. The van der Waals surface area contributed by atoms with Gasteiger partial charge in [-0.2, -0.15) is 0 Å². The summed E-state index contributed by atoms with van der Waals surface area (Å²) in [5.74, 6) is -0.162. The van der Waals surface area contributed by atoms with Crippen LogP contribution >= 0.6 is 23.2 Å². The van der Waals surface area contributed by atoms with Gasteiger partial charge in [0.05, 0.1) is 12.6 Å². The zero-order valence-corrected chi connectivity index (χ0v) is 16.2. The Labute approximate surface area is 159 Å². The van der Waals surface area contributed by atoms with Crippen LogP contribution in [0.3, 0.4) is 0 Å². The second-order valence-electron chi connectivity index (χ2n) is 6.36.